The van der Waals surface area contributed by atoms with Crippen molar-refractivity contribution in [2.45, 2.75) is 21.8 Å². The fraction of sp³-hybridized carbons (Fsp3) is 0.857. The monoisotopic (exact) mass is 165 g/mol. The fourth-order valence-corrected chi connectivity index (χ4v) is 0.278. The van der Waals surface area contributed by atoms with Gasteiger partial charge in [0, 0.05) is 14.0 Å². The molecule has 70 valence electrons. The van der Waals surface area contributed by atoms with E-state index in [9.17, 15) is 4.79 Å². The zero-order valence-electron chi connectivity index (χ0n) is 5.64. The highest BCUT2D eigenvalue weighted by Crippen LogP contribution is 1.69. The van der Waals surface area contributed by atoms with Crippen LogP contribution in [0, 0.1) is 0 Å². The van der Waals surface area contributed by atoms with Gasteiger partial charge in [-0.1, -0.05) is 14.9 Å². The molecular weight excluding hydrogens is 146 g/mol. The van der Waals surface area contributed by atoms with Gasteiger partial charge in [0.2, 0.25) is 5.91 Å². The maximum absolute atomic E-state index is 10.2. The molecule has 0 aliphatic carbocycles. The Balaban J connectivity index is -0.000000320. The lowest BCUT2D eigenvalue weighted by Gasteiger charge is -2.01. The summed E-state index contributed by atoms with van der Waals surface area (Å²) in [5.41, 5.74) is 0. The Labute approximate surface area is 68.9 Å². The fourth-order valence-electron chi connectivity index (χ4n) is 0.278. The molecule has 0 aromatic rings. The number of rotatable bonds is 4. The van der Waals surface area contributed by atoms with Crippen molar-refractivity contribution in [1.29, 1.82) is 0 Å². The predicted molar refractivity (Wildman–Crippen MR) is 45.1 cm³/mol. The van der Waals surface area contributed by atoms with Gasteiger partial charge in [-0.3, -0.25) is 4.79 Å². The maximum Gasteiger partial charge on any atom is 0.218 e. The molecule has 0 atom stereocenters. The van der Waals surface area contributed by atoms with Crippen molar-refractivity contribution < 1.29 is 14.3 Å². The van der Waals surface area contributed by atoms with Gasteiger partial charge >= 0.3 is 0 Å². The van der Waals surface area contributed by atoms with Crippen molar-refractivity contribution in [2.24, 2.45) is 0 Å². The third kappa shape index (κ3) is 17.7. The average molecular weight is 165 g/mol. The summed E-state index contributed by atoms with van der Waals surface area (Å²) in [5, 5.41) is 2.44. The number of methoxy groups -OCH3 is 1. The SMILES string of the molecule is C.C.COCOCNC(C)=O. The minimum atomic E-state index is -0.105. The van der Waals surface area contributed by atoms with Gasteiger partial charge in [0.15, 0.2) is 0 Å². The van der Waals surface area contributed by atoms with Crippen molar-refractivity contribution >= 4 is 5.91 Å². The van der Waals surface area contributed by atoms with Gasteiger partial charge in [0.1, 0.15) is 13.5 Å². The van der Waals surface area contributed by atoms with Crippen LogP contribution in [-0.2, 0) is 14.3 Å². The third-order valence-electron chi connectivity index (χ3n) is 0.624. The lowest BCUT2D eigenvalue weighted by Crippen LogP contribution is -2.23. The molecule has 0 radical (unpaired) electrons. The van der Waals surface area contributed by atoms with Gasteiger partial charge in [-0.25, -0.2) is 0 Å². The Morgan fingerprint density at radius 3 is 2.36 bits per heavy atom. The maximum atomic E-state index is 10.2. The van der Waals surface area contributed by atoms with E-state index in [2.05, 4.69) is 10.1 Å². The molecule has 0 heterocycles. The molecule has 0 aromatic carbocycles. The predicted octanol–water partition coefficient (Wildman–Crippen LogP) is 0.973. The smallest absolute Gasteiger partial charge is 0.218 e. The number of amides is 1. The van der Waals surface area contributed by atoms with Crippen molar-refractivity contribution in [3.63, 3.8) is 0 Å². The van der Waals surface area contributed by atoms with E-state index in [1.54, 1.807) is 0 Å². The van der Waals surface area contributed by atoms with Crippen molar-refractivity contribution in [2.75, 3.05) is 20.6 Å². The number of carbonyl (C=O) groups is 1. The number of ether oxygens (including phenoxy) is 2. The highest BCUT2D eigenvalue weighted by Gasteiger charge is 1.86. The molecule has 4 heteroatoms. The van der Waals surface area contributed by atoms with E-state index in [0.29, 0.717) is 0 Å². The summed E-state index contributed by atoms with van der Waals surface area (Å²) >= 11 is 0. The van der Waals surface area contributed by atoms with Gasteiger partial charge in [0.25, 0.3) is 0 Å². The Morgan fingerprint density at radius 2 is 2.00 bits per heavy atom. The van der Waals surface area contributed by atoms with Crippen molar-refractivity contribution in [3.05, 3.63) is 0 Å². The summed E-state index contributed by atoms with van der Waals surface area (Å²) < 4.78 is 9.29. The normalized spacial score (nSPS) is 7.45. The van der Waals surface area contributed by atoms with E-state index in [-0.39, 0.29) is 34.3 Å². The third-order valence-corrected chi connectivity index (χ3v) is 0.624. The van der Waals surface area contributed by atoms with Crippen molar-refractivity contribution in [1.82, 2.24) is 5.32 Å². The first-order chi connectivity index (χ1) is 4.27. The Morgan fingerprint density at radius 1 is 1.45 bits per heavy atom. The summed E-state index contributed by atoms with van der Waals surface area (Å²) in [5.74, 6) is -0.105. The molecule has 4 nitrogen and oxygen atoms in total. The highest BCUT2D eigenvalue weighted by atomic mass is 16.7. The van der Waals surface area contributed by atoms with Crippen LogP contribution in [0.3, 0.4) is 0 Å². The molecule has 0 aliphatic heterocycles. The minimum absolute atomic E-state index is 0. The topological polar surface area (TPSA) is 47.6 Å². The molecule has 0 spiro atoms. The molecule has 0 unspecified atom stereocenters. The quantitative estimate of drug-likeness (QED) is 0.499. The zero-order chi connectivity index (χ0) is 7.11. The molecular formula is C7H19NO3. The second kappa shape index (κ2) is 12.1. The molecule has 0 bridgehead atoms. The Kier molecular flexibility index (Phi) is 18.5. The van der Waals surface area contributed by atoms with E-state index in [4.69, 9.17) is 4.74 Å². The summed E-state index contributed by atoms with van der Waals surface area (Å²) in [6.45, 7) is 1.85. The Hall–Kier alpha value is -0.610. The van der Waals surface area contributed by atoms with E-state index < -0.39 is 0 Å². The molecule has 0 aliphatic rings. The van der Waals surface area contributed by atoms with Crippen LogP contribution in [0.15, 0.2) is 0 Å². The van der Waals surface area contributed by atoms with Gasteiger partial charge in [-0.2, -0.15) is 0 Å². The van der Waals surface area contributed by atoms with E-state index in [0.717, 1.165) is 0 Å². The van der Waals surface area contributed by atoms with E-state index >= 15 is 0 Å². The second-order valence-electron chi connectivity index (χ2n) is 1.49. The summed E-state index contributed by atoms with van der Waals surface area (Å²) in [7, 11) is 1.52. The first-order valence-electron chi connectivity index (χ1n) is 2.58. The van der Waals surface area contributed by atoms with Gasteiger partial charge < -0.3 is 14.8 Å². The number of hydrogen-bond donors (Lipinski definition) is 1. The summed E-state index contributed by atoms with van der Waals surface area (Å²) in [6.07, 6.45) is 0. The van der Waals surface area contributed by atoms with Gasteiger partial charge in [-0.05, 0) is 0 Å². The van der Waals surface area contributed by atoms with Crippen LogP contribution in [0.4, 0.5) is 0 Å². The van der Waals surface area contributed by atoms with Crippen molar-refractivity contribution in [3.8, 4) is 0 Å². The average Bonchev–Trinajstić information content (AvgIpc) is 1.80. The van der Waals surface area contributed by atoms with E-state index in [1.807, 2.05) is 0 Å². The first kappa shape index (κ1) is 16.8. The second-order valence-corrected chi connectivity index (χ2v) is 1.49. The van der Waals surface area contributed by atoms with Crippen LogP contribution < -0.4 is 5.32 Å². The number of nitrogens with one attached hydrogen (secondary N) is 1. The van der Waals surface area contributed by atoms with Crippen LogP contribution in [0.5, 0.6) is 0 Å². The minimum Gasteiger partial charge on any atom is -0.359 e. The lowest BCUT2D eigenvalue weighted by atomic mass is 10.7. The zero-order valence-corrected chi connectivity index (χ0v) is 5.64. The molecule has 0 rings (SSSR count). The van der Waals surface area contributed by atoms with Crippen LogP contribution in [-0.4, -0.2) is 26.5 Å². The molecule has 0 saturated heterocycles. The van der Waals surface area contributed by atoms with Gasteiger partial charge in [0.05, 0.1) is 0 Å². The highest BCUT2D eigenvalue weighted by molar-refractivity contribution is 5.72. The largest absolute Gasteiger partial charge is 0.359 e. The molecule has 1 N–H and O–H groups in total. The standard InChI is InChI=1S/C5H11NO3.2CH4/c1-5(7)6-3-9-4-8-2;;/h3-4H2,1-2H3,(H,6,7);2*1H4. The van der Waals surface area contributed by atoms with Crippen LogP contribution in [0.1, 0.15) is 21.8 Å². The summed E-state index contributed by atoms with van der Waals surface area (Å²) in [6, 6.07) is 0. The Bertz CT molecular complexity index is 85.8. The molecule has 1 amide bonds. The number of hydrogen-bond acceptors (Lipinski definition) is 3. The molecule has 11 heavy (non-hydrogen) atoms. The lowest BCUT2D eigenvalue weighted by molar-refractivity contribution is -0.122. The molecule has 0 aromatic heterocycles. The van der Waals surface area contributed by atoms with Crippen LogP contribution in [0.25, 0.3) is 0 Å². The van der Waals surface area contributed by atoms with Crippen LogP contribution >= 0.6 is 0 Å². The number of carbonyl (C=O) groups excluding carboxylic acids is 1. The molecule has 0 saturated carbocycles. The molecule has 0 fully saturated rings. The first-order valence-corrected chi connectivity index (χ1v) is 2.58. The van der Waals surface area contributed by atoms with Gasteiger partial charge in [-0.15, -0.1) is 0 Å². The van der Waals surface area contributed by atoms with Crippen LogP contribution in [0.2, 0.25) is 0 Å². The summed E-state index contributed by atoms with van der Waals surface area (Å²) in [4.78, 5) is 10.2. The van der Waals surface area contributed by atoms with E-state index in [1.165, 1.54) is 14.0 Å².